The Morgan fingerprint density at radius 3 is 2.84 bits per heavy atom. The maximum Gasteiger partial charge on any atom is 0.229 e. The van der Waals surface area contributed by atoms with Crippen LogP contribution in [-0.4, -0.2) is 37.1 Å². The Morgan fingerprint density at radius 2 is 2.04 bits per heavy atom. The number of carbonyl (C=O) groups excluding carboxylic acids is 1. The third-order valence-electron chi connectivity index (χ3n) is 4.40. The van der Waals surface area contributed by atoms with E-state index in [1.165, 1.54) is 0 Å². The molecule has 0 fully saturated rings. The highest BCUT2D eigenvalue weighted by Gasteiger charge is 2.24. The number of fused-ring (bicyclic) bond motifs is 1. The summed E-state index contributed by atoms with van der Waals surface area (Å²) in [5.74, 6) is 2.39. The van der Waals surface area contributed by atoms with E-state index >= 15 is 0 Å². The molecule has 0 saturated heterocycles. The fraction of sp³-hybridized carbons (Fsp3) is 0.333. The van der Waals surface area contributed by atoms with Gasteiger partial charge in [0.1, 0.15) is 12.1 Å². The first-order valence-corrected chi connectivity index (χ1v) is 8.43. The van der Waals surface area contributed by atoms with E-state index < -0.39 is 0 Å². The van der Waals surface area contributed by atoms with Crippen LogP contribution in [0.1, 0.15) is 24.3 Å². The van der Waals surface area contributed by atoms with Crippen LogP contribution < -0.4 is 0 Å². The maximum absolute atomic E-state index is 12.6. The zero-order chi connectivity index (χ0) is 17.2. The monoisotopic (exact) mass is 337 g/mol. The third kappa shape index (κ3) is 3.05. The van der Waals surface area contributed by atoms with Crippen molar-refractivity contribution in [3.8, 4) is 11.5 Å². The highest BCUT2D eigenvalue weighted by atomic mass is 16.3. The fourth-order valence-electron chi connectivity index (χ4n) is 3.06. The summed E-state index contributed by atoms with van der Waals surface area (Å²) in [6, 6.07) is 9.66. The average Bonchev–Trinajstić information content (AvgIpc) is 3.28. The number of benzene rings is 1. The van der Waals surface area contributed by atoms with Crippen molar-refractivity contribution in [1.29, 1.82) is 0 Å². The number of hydrogen-bond acceptors (Lipinski definition) is 5. The maximum atomic E-state index is 12.6. The second kappa shape index (κ2) is 6.51. The molecule has 3 heterocycles. The van der Waals surface area contributed by atoms with E-state index in [1.807, 2.05) is 30.3 Å². The van der Waals surface area contributed by atoms with E-state index in [9.17, 15) is 4.79 Å². The number of amides is 1. The molecule has 1 amide bonds. The average molecular weight is 337 g/mol. The number of nitrogens with zero attached hydrogens (tertiary/aromatic N) is 5. The van der Waals surface area contributed by atoms with Gasteiger partial charge in [-0.25, -0.2) is 4.98 Å². The third-order valence-corrected chi connectivity index (χ3v) is 4.40. The molecule has 0 N–H and O–H groups in total. The van der Waals surface area contributed by atoms with Gasteiger partial charge in [-0.05, 0) is 12.1 Å². The summed E-state index contributed by atoms with van der Waals surface area (Å²) in [5, 5.41) is 8.37. The molecule has 0 aliphatic carbocycles. The quantitative estimate of drug-likeness (QED) is 0.728. The molecule has 1 aromatic carbocycles. The standard InChI is InChI=1S/C18H19N5O2/c1-2-15-20-21-16-11-22(8-9-23(15)16)17(24)10-14-12-25-18(19-14)13-6-4-3-5-7-13/h3-7,12H,2,8-11H2,1H3. The number of rotatable bonds is 4. The van der Waals surface area contributed by atoms with E-state index in [1.54, 1.807) is 11.2 Å². The number of oxazole rings is 1. The minimum absolute atomic E-state index is 0.0280. The number of carbonyl (C=O) groups is 1. The van der Waals surface area contributed by atoms with Gasteiger partial charge in [0.25, 0.3) is 0 Å². The van der Waals surface area contributed by atoms with Crippen molar-refractivity contribution < 1.29 is 9.21 Å². The van der Waals surface area contributed by atoms with Crippen LogP contribution in [0.25, 0.3) is 11.5 Å². The first-order valence-electron chi connectivity index (χ1n) is 8.43. The van der Waals surface area contributed by atoms with Crippen LogP contribution in [0.5, 0.6) is 0 Å². The molecule has 25 heavy (non-hydrogen) atoms. The van der Waals surface area contributed by atoms with Gasteiger partial charge in [-0.1, -0.05) is 25.1 Å². The molecule has 0 saturated carbocycles. The van der Waals surface area contributed by atoms with Gasteiger partial charge in [0.2, 0.25) is 11.8 Å². The Labute approximate surface area is 145 Å². The SMILES string of the molecule is CCc1nnc2n1CCN(C(=O)Cc1coc(-c3ccccc3)n1)C2. The number of aromatic nitrogens is 4. The summed E-state index contributed by atoms with van der Waals surface area (Å²) in [5.41, 5.74) is 1.55. The zero-order valence-electron chi connectivity index (χ0n) is 14.1. The van der Waals surface area contributed by atoms with Crippen molar-refractivity contribution in [1.82, 2.24) is 24.6 Å². The smallest absolute Gasteiger partial charge is 0.229 e. The first kappa shape index (κ1) is 15.6. The fourth-order valence-corrected chi connectivity index (χ4v) is 3.06. The minimum Gasteiger partial charge on any atom is -0.444 e. The second-order valence-corrected chi connectivity index (χ2v) is 6.04. The predicted molar refractivity (Wildman–Crippen MR) is 90.5 cm³/mol. The molecule has 0 unspecified atom stereocenters. The van der Waals surface area contributed by atoms with E-state index in [2.05, 4.69) is 26.7 Å². The summed E-state index contributed by atoms with van der Waals surface area (Å²) in [4.78, 5) is 18.8. The van der Waals surface area contributed by atoms with Crippen molar-refractivity contribution >= 4 is 5.91 Å². The lowest BCUT2D eigenvalue weighted by molar-refractivity contribution is -0.132. The molecular formula is C18H19N5O2. The van der Waals surface area contributed by atoms with Crippen molar-refractivity contribution in [2.45, 2.75) is 32.9 Å². The van der Waals surface area contributed by atoms with Gasteiger partial charge < -0.3 is 13.9 Å². The van der Waals surface area contributed by atoms with Crippen molar-refractivity contribution in [2.24, 2.45) is 0 Å². The van der Waals surface area contributed by atoms with Gasteiger partial charge in [-0.3, -0.25) is 4.79 Å². The van der Waals surface area contributed by atoms with E-state index in [4.69, 9.17) is 4.42 Å². The molecule has 1 aliphatic rings. The molecule has 0 spiro atoms. The van der Waals surface area contributed by atoms with E-state index in [0.717, 1.165) is 30.2 Å². The molecular weight excluding hydrogens is 318 g/mol. The van der Waals surface area contributed by atoms with Crippen LogP contribution in [-0.2, 0) is 30.7 Å². The first-order chi connectivity index (χ1) is 12.2. The normalized spacial score (nSPS) is 13.7. The van der Waals surface area contributed by atoms with Crippen molar-refractivity contribution in [2.75, 3.05) is 6.54 Å². The summed E-state index contributed by atoms with van der Waals surface area (Å²) < 4.78 is 7.61. The predicted octanol–water partition coefficient (Wildman–Crippen LogP) is 2.08. The van der Waals surface area contributed by atoms with Crippen LogP contribution in [0.2, 0.25) is 0 Å². The van der Waals surface area contributed by atoms with E-state index in [0.29, 0.717) is 24.7 Å². The number of hydrogen-bond donors (Lipinski definition) is 0. The van der Waals surface area contributed by atoms with Crippen molar-refractivity contribution in [3.63, 3.8) is 0 Å². The molecule has 0 atom stereocenters. The summed E-state index contributed by atoms with van der Waals surface area (Å²) in [6.45, 7) is 3.96. The summed E-state index contributed by atoms with van der Waals surface area (Å²) in [6.07, 6.45) is 2.63. The Bertz CT molecular complexity index is 884. The lowest BCUT2D eigenvalue weighted by atomic mass is 10.2. The molecule has 2 aromatic heterocycles. The Balaban J connectivity index is 1.44. The van der Waals surface area contributed by atoms with E-state index in [-0.39, 0.29) is 12.3 Å². The summed E-state index contributed by atoms with van der Waals surface area (Å²) >= 11 is 0. The molecule has 0 radical (unpaired) electrons. The van der Waals surface area contributed by atoms with Crippen LogP contribution >= 0.6 is 0 Å². The lowest BCUT2D eigenvalue weighted by Gasteiger charge is -2.27. The molecule has 3 aromatic rings. The van der Waals surface area contributed by atoms with Gasteiger partial charge in [0, 0.05) is 25.1 Å². The Morgan fingerprint density at radius 1 is 1.20 bits per heavy atom. The Kier molecular flexibility index (Phi) is 4.05. The van der Waals surface area contributed by atoms with Crippen LogP contribution in [0.3, 0.4) is 0 Å². The highest BCUT2D eigenvalue weighted by Crippen LogP contribution is 2.19. The summed E-state index contributed by atoms with van der Waals surface area (Å²) in [7, 11) is 0. The van der Waals surface area contributed by atoms with Crippen LogP contribution in [0.15, 0.2) is 41.0 Å². The second-order valence-electron chi connectivity index (χ2n) is 6.04. The molecule has 0 bridgehead atoms. The van der Waals surface area contributed by atoms with Crippen LogP contribution in [0, 0.1) is 0 Å². The highest BCUT2D eigenvalue weighted by molar-refractivity contribution is 5.78. The van der Waals surface area contributed by atoms with Gasteiger partial charge >= 0.3 is 0 Å². The molecule has 4 rings (SSSR count). The van der Waals surface area contributed by atoms with Gasteiger partial charge in [-0.2, -0.15) is 0 Å². The largest absolute Gasteiger partial charge is 0.444 e. The van der Waals surface area contributed by atoms with Gasteiger partial charge in [0.05, 0.1) is 18.7 Å². The van der Waals surface area contributed by atoms with Crippen LogP contribution in [0.4, 0.5) is 0 Å². The number of aryl methyl sites for hydroxylation is 1. The lowest BCUT2D eigenvalue weighted by Crippen LogP contribution is -2.39. The van der Waals surface area contributed by atoms with Crippen molar-refractivity contribution in [3.05, 3.63) is 53.9 Å². The minimum atomic E-state index is 0.0280. The molecule has 1 aliphatic heterocycles. The zero-order valence-corrected chi connectivity index (χ0v) is 14.1. The molecule has 7 heteroatoms. The topological polar surface area (TPSA) is 77.0 Å². The van der Waals surface area contributed by atoms with Gasteiger partial charge in [0.15, 0.2) is 5.82 Å². The Hall–Kier alpha value is -2.96. The molecule has 128 valence electrons. The van der Waals surface area contributed by atoms with Gasteiger partial charge in [-0.15, -0.1) is 10.2 Å². The molecule has 7 nitrogen and oxygen atoms in total.